The number of halogens is 1. The zero-order valence-electron chi connectivity index (χ0n) is 6.32. The van der Waals surface area contributed by atoms with Gasteiger partial charge in [-0.25, -0.2) is 4.79 Å². The largest absolute Gasteiger partial charge is 0.391 e. The number of hydrogen-bond donors (Lipinski definition) is 2. The van der Waals surface area contributed by atoms with Gasteiger partial charge in [-0.3, -0.25) is 4.89 Å². The van der Waals surface area contributed by atoms with Crippen molar-refractivity contribution in [2.75, 3.05) is 0 Å². The summed E-state index contributed by atoms with van der Waals surface area (Å²) in [7, 11) is 0. The first-order valence-corrected chi connectivity index (χ1v) is 4.09. The average molecular weight is 227 g/mol. The van der Waals surface area contributed by atoms with Crippen LogP contribution in [0.4, 0.5) is 0 Å². The molecule has 0 saturated heterocycles. The molecule has 0 aliphatic carbocycles. The third-order valence-corrected chi connectivity index (χ3v) is 2.21. The van der Waals surface area contributed by atoms with E-state index in [0.29, 0.717) is 0 Å². The fourth-order valence-electron chi connectivity index (χ4n) is 0.528. The minimum Gasteiger partial charge on any atom is -0.391 e. The Balaban J connectivity index is 4.01. The van der Waals surface area contributed by atoms with Crippen molar-refractivity contribution in [2.45, 2.75) is 24.8 Å². The molecule has 0 aromatic rings. The van der Waals surface area contributed by atoms with E-state index in [9.17, 15) is 9.90 Å². The second-order valence-corrected chi connectivity index (χ2v) is 3.53. The van der Waals surface area contributed by atoms with E-state index >= 15 is 0 Å². The molecule has 66 valence electrons. The first-order valence-electron chi connectivity index (χ1n) is 3.18. The Labute approximate surface area is 73.2 Å². The maximum atomic E-state index is 10.6. The minimum atomic E-state index is -0.883. The molecule has 0 aromatic carbocycles. The third kappa shape index (κ3) is 3.18. The summed E-state index contributed by atoms with van der Waals surface area (Å²) < 4.78 is 0. The Morgan fingerprint density at radius 3 is 2.27 bits per heavy atom. The van der Waals surface area contributed by atoms with Crippen molar-refractivity contribution in [1.29, 1.82) is 0 Å². The van der Waals surface area contributed by atoms with Gasteiger partial charge in [0.1, 0.15) is 4.83 Å². The summed E-state index contributed by atoms with van der Waals surface area (Å²) >= 11 is 2.88. The first kappa shape index (κ1) is 10.9. The predicted octanol–water partition coefficient (Wildman–Crippen LogP) is 0.783. The lowest BCUT2D eigenvalue weighted by Crippen LogP contribution is -2.33. The van der Waals surface area contributed by atoms with E-state index in [0.717, 1.165) is 0 Å². The summed E-state index contributed by atoms with van der Waals surface area (Å²) in [6.45, 7) is 3.51. The monoisotopic (exact) mass is 226 g/mol. The lowest BCUT2D eigenvalue weighted by molar-refractivity contribution is -0.235. The molecule has 0 aromatic heterocycles. The van der Waals surface area contributed by atoms with Crippen molar-refractivity contribution >= 4 is 21.9 Å². The highest BCUT2D eigenvalue weighted by Gasteiger charge is 2.27. The van der Waals surface area contributed by atoms with Crippen molar-refractivity contribution in [2.24, 2.45) is 5.92 Å². The molecule has 2 atom stereocenters. The van der Waals surface area contributed by atoms with E-state index < -0.39 is 16.9 Å². The van der Waals surface area contributed by atoms with Crippen molar-refractivity contribution in [3.05, 3.63) is 0 Å². The maximum Gasteiger partial charge on any atom is 0.358 e. The number of alkyl halides is 1. The van der Waals surface area contributed by atoms with Gasteiger partial charge in [-0.15, -0.1) is 0 Å². The highest BCUT2D eigenvalue weighted by Crippen LogP contribution is 2.14. The van der Waals surface area contributed by atoms with Crippen LogP contribution in [-0.2, 0) is 9.68 Å². The van der Waals surface area contributed by atoms with Gasteiger partial charge in [0.2, 0.25) is 0 Å². The molecule has 0 saturated carbocycles. The molecule has 11 heavy (non-hydrogen) atoms. The van der Waals surface area contributed by atoms with Gasteiger partial charge in [0.25, 0.3) is 0 Å². The smallest absolute Gasteiger partial charge is 0.358 e. The van der Waals surface area contributed by atoms with Gasteiger partial charge in [-0.1, -0.05) is 29.8 Å². The van der Waals surface area contributed by atoms with Gasteiger partial charge in [-0.2, -0.15) is 5.26 Å². The van der Waals surface area contributed by atoms with Crippen LogP contribution >= 0.6 is 15.9 Å². The fraction of sp³-hybridized carbons (Fsp3) is 0.833. The second-order valence-electron chi connectivity index (χ2n) is 2.55. The first-order chi connectivity index (χ1) is 5.00. The lowest BCUT2D eigenvalue weighted by atomic mass is 10.0. The Hall–Kier alpha value is -0.130. The molecule has 0 radical (unpaired) electrons. The van der Waals surface area contributed by atoms with E-state index in [2.05, 4.69) is 20.8 Å². The molecule has 0 aliphatic heterocycles. The van der Waals surface area contributed by atoms with Gasteiger partial charge >= 0.3 is 5.97 Å². The number of rotatable bonds is 3. The van der Waals surface area contributed by atoms with Crippen LogP contribution < -0.4 is 0 Å². The summed E-state index contributed by atoms with van der Waals surface area (Å²) in [5.41, 5.74) is 0. The van der Waals surface area contributed by atoms with E-state index in [-0.39, 0.29) is 5.92 Å². The molecule has 0 fully saturated rings. The number of aliphatic hydroxyl groups is 1. The lowest BCUT2D eigenvalue weighted by Gasteiger charge is -2.17. The third-order valence-electron chi connectivity index (χ3n) is 1.30. The molecule has 0 bridgehead atoms. The highest BCUT2D eigenvalue weighted by molar-refractivity contribution is 9.10. The molecule has 0 heterocycles. The molecule has 2 N–H and O–H groups in total. The summed E-state index contributed by atoms with van der Waals surface area (Å²) in [6.07, 6.45) is -0.852. The molecule has 0 aliphatic rings. The van der Waals surface area contributed by atoms with Gasteiger partial charge in [0.15, 0.2) is 0 Å². The highest BCUT2D eigenvalue weighted by atomic mass is 79.9. The zero-order chi connectivity index (χ0) is 9.02. The normalized spacial score (nSPS) is 16.2. The summed E-state index contributed by atoms with van der Waals surface area (Å²) in [5, 5.41) is 17.2. The number of carbonyl (C=O) groups is 1. The van der Waals surface area contributed by atoms with Crippen molar-refractivity contribution < 1.29 is 20.0 Å². The van der Waals surface area contributed by atoms with Crippen LogP contribution in [0.5, 0.6) is 0 Å². The minimum absolute atomic E-state index is 0.0709. The van der Waals surface area contributed by atoms with Crippen LogP contribution in [0.25, 0.3) is 0 Å². The molecule has 0 spiro atoms. The van der Waals surface area contributed by atoms with Gasteiger partial charge in [0.05, 0.1) is 6.10 Å². The van der Waals surface area contributed by atoms with Crippen LogP contribution in [0.1, 0.15) is 13.8 Å². The summed E-state index contributed by atoms with van der Waals surface area (Å²) in [6, 6.07) is 0. The average Bonchev–Trinajstić information content (AvgIpc) is 2.00. The number of hydrogen-bond acceptors (Lipinski definition) is 4. The predicted molar refractivity (Wildman–Crippen MR) is 42.3 cm³/mol. The van der Waals surface area contributed by atoms with Crippen LogP contribution in [0, 0.1) is 5.92 Å². The molecule has 0 amide bonds. The van der Waals surface area contributed by atoms with Crippen molar-refractivity contribution in [3.8, 4) is 0 Å². The van der Waals surface area contributed by atoms with Crippen molar-refractivity contribution in [3.63, 3.8) is 0 Å². The molecule has 0 rings (SSSR count). The standard InChI is InChI=1S/C6H11BrO4/c1-3(2)5(8)4(7)6(9)11-10/h3-5,8,10H,1-2H3. The molecule has 2 unspecified atom stereocenters. The Bertz CT molecular complexity index is 137. The SMILES string of the molecule is CC(C)C(O)C(Br)C(=O)OO. The molecular formula is C6H11BrO4. The van der Waals surface area contributed by atoms with Crippen LogP contribution in [0.3, 0.4) is 0 Å². The zero-order valence-corrected chi connectivity index (χ0v) is 7.91. The maximum absolute atomic E-state index is 10.6. The summed E-state index contributed by atoms with van der Waals surface area (Å²) in [4.78, 5) is 13.1. The Morgan fingerprint density at radius 1 is 1.55 bits per heavy atom. The van der Waals surface area contributed by atoms with E-state index in [1.807, 2.05) is 0 Å². The van der Waals surface area contributed by atoms with Gasteiger partial charge in [-0.05, 0) is 5.92 Å². The molecule has 5 heteroatoms. The molecule has 4 nitrogen and oxygen atoms in total. The summed E-state index contributed by atoms with van der Waals surface area (Å²) in [5.74, 6) is -0.954. The van der Waals surface area contributed by atoms with Gasteiger partial charge < -0.3 is 5.11 Å². The van der Waals surface area contributed by atoms with Gasteiger partial charge in [0, 0.05) is 0 Å². The second kappa shape index (κ2) is 4.69. The number of carbonyl (C=O) groups excluding carboxylic acids is 1. The quantitative estimate of drug-likeness (QED) is 0.424. The van der Waals surface area contributed by atoms with Crippen molar-refractivity contribution in [1.82, 2.24) is 0 Å². The van der Waals surface area contributed by atoms with Crippen LogP contribution in [0.15, 0.2) is 0 Å². The van der Waals surface area contributed by atoms with Crippen LogP contribution in [0.2, 0.25) is 0 Å². The Morgan fingerprint density at radius 2 is 2.00 bits per heavy atom. The van der Waals surface area contributed by atoms with E-state index in [1.54, 1.807) is 13.8 Å². The Kier molecular flexibility index (Phi) is 4.63. The van der Waals surface area contributed by atoms with E-state index in [1.165, 1.54) is 0 Å². The molecular weight excluding hydrogens is 216 g/mol. The van der Waals surface area contributed by atoms with Crippen LogP contribution in [-0.4, -0.2) is 27.3 Å². The van der Waals surface area contributed by atoms with E-state index in [4.69, 9.17) is 5.26 Å². The fourth-order valence-corrected chi connectivity index (χ4v) is 1.22. The number of aliphatic hydroxyl groups excluding tert-OH is 1. The topological polar surface area (TPSA) is 66.8 Å².